The summed E-state index contributed by atoms with van der Waals surface area (Å²) in [6, 6.07) is 8.48. The van der Waals surface area contributed by atoms with Gasteiger partial charge in [0, 0.05) is 0 Å². The average molecular weight is 311 g/mol. The Balaban J connectivity index is 0. The standard InChI is InChI=1S/C7H8N.CH3.2ClH.Sn/c8-6-7-4-2-1-3-5-7;;;;/h1-4H,6,8H2;1H3;2*1H;/q;;;;+2/p-2. The Kier molecular flexibility index (Phi) is 10.2. The van der Waals surface area contributed by atoms with E-state index in [9.17, 15) is 0 Å². The molecule has 0 atom stereocenters. The molecule has 0 aliphatic carbocycles. The van der Waals surface area contributed by atoms with Crippen molar-refractivity contribution < 1.29 is 24.8 Å². The van der Waals surface area contributed by atoms with E-state index in [0.29, 0.717) is 6.54 Å². The van der Waals surface area contributed by atoms with Crippen LogP contribution in [-0.4, -0.2) is 21.1 Å². The molecule has 12 heavy (non-hydrogen) atoms. The molecule has 0 amide bonds. The van der Waals surface area contributed by atoms with Gasteiger partial charge in [-0.15, -0.1) is 0 Å². The third-order valence-electron chi connectivity index (χ3n) is 1.51. The Morgan fingerprint density at radius 3 is 2.25 bits per heavy atom. The summed E-state index contributed by atoms with van der Waals surface area (Å²) in [6.07, 6.45) is 0. The topological polar surface area (TPSA) is 26.0 Å². The van der Waals surface area contributed by atoms with Crippen LogP contribution in [0.15, 0.2) is 24.3 Å². The monoisotopic (exact) mass is 311 g/mol. The van der Waals surface area contributed by atoms with Gasteiger partial charge in [0.05, 0.1) is 0 Å². The molecule has 2 N–H and O–H groups in total. The van der Waals surface area contributed by atoms with Crippen LogP contribution in [0.4, 0.5) is 0 Å². The van der Waals surface area contributed by atoms with E-state index in [1.165, 1.54) is 9.14 Å². The summed E-state index contributed by atoms with van der Waals surface area (Å²) in [6.45, 7) is 0.699. The SMILES string of the molecule is [CH3][Sn+2][c]1ccccc1CN.[Cl-].[Cl-]. The van der Waals surface area contributed by atoms with Crippen molar-refractivity contribution in [2.24, 2.45) is 5.73 Å². The van der Waals surface area contributed by atoms with Crippen molar-refractivity contribution in [1.29, 1.82) is 0 Å². The normalized spacial score (nSPS) is 7.50. The maximum absolute atomic E-state index is 5.55. The van der Waals surface area contributed by atoms with Gasteiger partial charge in [0.25, 0.3) is 0 Å². The van der Waals surface area contributed by atoms with Crippen LogP contribution >= 0.6 is 0 Å². The van der Waals surface area contributed by atoms with Gasteiger partial charge >= 0.3 is 71.8 Å². The number of hydrogen-bond acceptors (Lipinski definition) is 1. The minimum atomic E-state index is -0.276. The molecule has 0 bridgehead atoms. The second-order valence-electron chi connectivity index (χ2n) is 2.11. The summed E-state index contributed by atoms with van der Waals surface area (Å²) in [5.74, 6) is 0. The van der Waals surface area contributed by atoms with Crippen LogP contribution in [0, 0.1) is 0 Å². The van der Waals surface area contributed by atoms with Crippen LogP contribution in [0.5, 0.6) is 0 Å². The second-order valence-corrected chi connectivity index (χ2v) is 5.08. The molecule has 1 nitrogen and oxygen atoms in total. The van der Waals surface area contributed by atoms with E-state index >= 15 is 0 Å². The Hall–Kier alpha value is 0.559. The second kappa shape index (κ2) is 8.17. The van der Waals surface area contributed by atoms with Gasteiger partial charge in [-0.2, -0.15) is 0 Å². The molecule has 1 aromatic rings. The molecule has 0 unspecified atom stereocenters. The Labute approximate surface area is 96.2 Å². The molecule has 0 heterocycles. The summed E-state index contributed by atoms with van der Waals surface area (Å²) in [5, 5.41) is 0. The van der Waals surface area contributed by atoms with Gasteiger partial charge in [-0.25, -0.2) is 0 Å². The van der Waals surface area contributed by atoms with Crippen LogP contribution in [0.2, 0.25) is 4.94 Å². The number of nitrogens with two attached hydrogens (primary N) is 1. The minimum absolute atomic E-state index is 0. The van der Waals surface area contributed by atoms with E-state index in [1.54, 1.807) is 0 Å². The molecule has 4 heteroatoms. The Morgan fingerprint density at radius 1 is 1.25 bits per heavy atom. The molecular formula is C8H11Cl2NSn. The molecule has 0 aliphatic heterocycles. The van der Waals surface area contributed by atoms with E-state index in [-0.39, 0.29) is 46.0 Å². The first-order chi connectivity index (χ1) is 4.88. The maximum atomic E-state index is 5.55. The number of halogens is 2. The molecule has 0 aliphatic rings. The predicted octanol–water partition coefficient (Wildman–Crippen LogP) is -5.47. The number of hydrogen-bond donors (Lipinski definition) is 1. The fourth-order valence-corrected chi connectivity index (χ4v) is 3.14. The van der Waals surface area contributed by atoms with Gasteiger partial charge in [-0.1, -0.05) is 0 Å². The first-order valence-electron chi connectivity index (χ1n) is 3.34. The first-order valence-corrected chi connectivity index (χ1v) is 7.62. The van der Waals surface area contributed by atoms with Crippen molar-refractivity contribution in [1.82, 2.24) is 0 Å². The third-order valence-corrected chi connectivity index (χ3v) is 4.44. The summed E-state index contributed by atoms with van der Waals surface area (Å²) in [7, 11) is 0. The molecule has 0 saturated carbocycles. The molecule has 0 saturated heterocycles. The summed E-state index contributed by atoms with van der Waals surface area (Å²) >= 11 is -0.276. The van der Waals surface area contributed by atoms with Crippen molar-refractivity contribution in [2.75, 3.05) is 0 Å². The zero-order chi connectivity index (χ0) is 7.40. The molecule has 1 aromatic carbocycles. The predicted molar refractivity (Wildman–Crippen MR) is 45.6 cm³/mol. The van der Waals surface area contributed by atoms with E-state index in [2.05, 4.69) is 29.2 Å². The summed E-state index contributed by atoms with van der Waals surface area (Å²) < 4.78 is 1.54. The molecular weight excluding hydrogens is 300 g/mol. The molecule has 66 valence electrons. The fourth-order valence-electron chi connectivity index (χ4n) is 0.942. The van der Waals surface area contributed by atoms with Crippen LogP contribution < -0.4 is 34.1 Å². The molecule has 0 aromatic heterocycles. The van der Waals surface area contributed by atoms with Gasteiger partial charge in [0.1, 0.15) is 0 Å². The zero-order valence-corrected chi connectivity index (χ0v) is 11.2. The fraction of sp³-hybridized carbons (Fsp3) is 0.250. The largest absolute Gasteiger partial charge is 1.00 e. The zero-order valence-electron chi connectivity index (χ0n) is 6.85. The van der Waals surface area contributed by atoms with Crippen molar-refractivity contribution in [3.8, 4) is 0 Å². The third kappa shape index (κ3) is 3.99. The number of rotatable bonds is 2. The van der Waals surface area contributed by atoms with E-state index in [1.807, 2.05) is 0 Å². The Morgan fingerprint density at radius 2 is 1.83 bits per heavy atom. The van der Waals surface area contributed by atoms with Crippen molar-refractivity contribution in [3.63, 3.8) is 0 Å². The average Bonchev–Trinajstić information content (AvgIpc) is 2.04. The maximum Gasteiger partial charge on any atom is -1.00 e. The van der Waals surface area contributed by atoms with E-state index in [0.717, 1.165) is 0 Å². The van der Waals surface area contributed by atoms with Gasteiger partial charge in [0.2, 0.25) is 0 Å². The van der Waals surface area contributed by atoms with Crippen molar-refractivity contribution >= 4 is 24.7 Å². The summed E-state index contributed by atoms with van der Waals surface area (Å²) in [4.78, 5) is 2.32. The van der Waals surface area contributed by atoms with Gasteiger partial charge in [-0.3, -0.25) is 0 Å². The quantitative estimate of drug-likeness (QED) is 0.542. The molecule has 1 rings (SSSR count). The van der Waals surface area contributed by atoms with E-state index < -0.39 is 0 Å². The van der Waals surface area contributed by atoms with E-state index in [4.69, 9.17) is 5.73 Å². The van der Waals surface area contributed by atoms with Crippen LogP contribution in [0.3, 0.4) is 0 Å². The van der Waals surface area contributed by atoms with Crippen molar-refractivity contribution in [3.05, 3.63) is 29.8 Å². The van der Waals surface area contributed by atoms with Crippen LogP contribution in [0.25, 0.3) is 0 Å². The van der Waals surface area contributed by atoms with Gasteiger partial charge in [0.15, 0.2) is 0 Å². The van der Waals surface area contributed by atoms with Gasteiger partial charge < -0.3 is 24.8 Å². The number of benzene rings is 1. The Bertz CT molecular complexity index is 195. The smallest absolute Gasteiger partial charge is 1.00 e. The van der Waals surface area contributed by atoms with Crippen LogP contribution in [0.1, 0.15) is 5.56 Å². The minimum Gasteiger partial charge on any atom is -1.00 e. The van der Waals surface area contributed by atoms with Crippen LogP contribution in [-0.2, 0) is 6.54 Å². The molecule has 0 spiro atoms. The molecule has 0 radical (unpaired) electrons. The first kappa shape index (κ1) is 15.1. The summed E-state index contributed by atoms with van der Waals surface area (Å²) in [5.41, 5.74) is 6.90. The van der Waals surface area contributed by atoms with Gasteiger partial charge in [-0.05, 0) is 0 Å². The van der Waals surface area contributed by atoms with Crippen molar-refractivity contribution in [2.45, 2.75) is 11.5 Å². The molecule has 0 fully saturated rings.